The summed E-state index contributed by atoms with van der Waals surface area (Å²) in [5.74, 6) is -1.21. The first kappa shape index (κ1) is 19.6. The molecule has 9 heteroatoms. The number of ether oxygens (including phenoxy) is 1. The maximum Gasteiger partial charge on any atom is 0.339 e. The van der Waals surface area contributed by atoms with Gasteiger partial charge in [-0.25, -0.2) is 17.5 Å². The minimum Gasteiger partial charge on any atom is -0.452 e. The highest BCUT2D eigenvalue weighted by Crippen LogP contribution is 2.23. The van der Waals surface area contributed by atoms with Crippen molar-refractivity contribution in [1.82, 2.24) is 9.62 Å². The first-order valence-corrected chi connectivity index (χ1v) is 8.97. The van der Waals surface area contributed by atoms with E-state index in [1.54, 1.807) is 13.8 Å². The molecular weight excluding hydrogens is 388 g/mol. The molecule has 0 spiro atoms. The van der Waals surface area contributed by atoms with Crippen LogP contribution >= 0.6 is 15.9 Å². The molecule has 7 nitrogen and oxygen atoms in total. The van der Waals surface area contributed by atoms with Crippen molar-refractivity contribution in [2.75, 3.05) is 20.7 Å². The van der Waals surface area contributed by atoms with E-state index >= 15 is 0 Å². The Labute approximate surface area is 144 Å². The van der Waals surface area contributed by atoms with Gasteiger partial charge in [0.1, 0.15) is 0 Å². The van der Waals surface area contributed by atoms with Gasteiger partial charge in [-0.2, -0.15) is 0 Å². The molecule has 1 amide bonds. The number of carbonyl (C=O) groups excluding carboxylic acids is 2. The third-order valence-corrected chi connectivity index (χ3v) is 5.22. The van der Waals surface area contributed by atoms with Crippen LogP contribution < -0.4 is 5.32 Å². The lowest BCUT2D eigenvalue weighted by atomic mass is 10.2. The normalized spacial score (nSPS) is 11.6. The zero-order valence-corrected chi connectivity index (χ0v) is 15.7. The van der Waals surface area contributed by atoms with E-state index in [-0.39, 0.29) is 16.5 Å². The van der Waals surface area contributed by atoms with Crippen LogP contribution in [0, 0.1) is 0 Å². The number of nitrogens with one attached hydrogen (secondary N) is 1. The molecule has 1 aromatic carbocycles. The van der Waals surface area contributed by atoms with Gasteiger partial charge in [0, 0.05) is 24.6 Å². The quantitative estimate of drug-likeness (QED) is 0.720. The third kappa shape index (κ3) is 5.29. The van der Waals surface area contributed by atoms with Gasteiger partial charge < -0.3 is 10.1 Å². The predicted octanol–water partition coefficient (Wildman–Crippen LogP) is 1.38. The summed E-state index contributed by atoms with van der Waals surface area (Å²) in [5.41, 5.74) is 0.0327. The predicted molar refractivity (Wildman–Crippen MR) is 88.6 cm³/mol. The fraction of sp³-hybridized carbons (Fsp3) is 0.429. The van der Waals surface area contributed by atoms with Gasteiger partial charge in [-0.3, -0.25) is 4.79 Å². The Morgan fingerprint density at radius 2 is 1.91 bits per heavy atom. The summed E-state index contributed by atoms with van der Waals surface area (Å²) >= 11 is 3.17. The SMILES string of the molecule is CC(C)NC(=O)COC(=O)c1cc(S(=O)(=O)N(C)C)ccc1Br. The highest BCUT2D eigenvalue weighted by Gasteiger charge is 2.21. The molecule has 0 aliphatic rings. The number of benzene rings is 1. The summed E-state index contributed by atoms with van der Waals surface area (Å²) in [4.78, 5) is 23.5. The van der Waals surface area contributed by atoms with Crippen LogP contribution in [-0.2, 0) is 19.6 Å². The molecule has 0 aromatic heterocycles. The highest BCUT2D eigenvalue weighted by molar-refractivity contribution is 9.10. The molecular formula is C14H19BrN2O5S. The number of hydrogen-bond donors (Lipinski definition) is 1. The zero-order chi connectivity index (χ0) is 17.8. The molecule has 0 aliphatic heterocycles. The number of esters is 1. The second-order valence-electron chi connectivity index (χ2n) is 5.23. The van der Waals surface area contributed by atoms with E-state index in [9.17, 15) is 18.0 Å². The average molecular weight is 407 g/mol. The second-order valence-corrected chi connectivity index (χ2v) is 8.23. The number of nitrogens with zero attached hydrogens (tertiary/aromatic N) is 1. The highest BCUT2D eigenvalue weighted by atomic mass is 79.9. The van der Waals surface area contributed by atoms with Gasteiger partial charge in [-0.15, -0.1) is 0 Å². The van der Waals surface area contributed by atoms with Crippen molar-refractivity contribution in [2.45, 2.75) is 24.8 Å². The Bertz CT molecular complexity index is 701. The topological polar surface area (TPSA) is 92.8 Å². The van der Waals surface area contributed by atoms with Gasteiger partial charge in [0.05, 0.1) is 10.5 Å². The van der Waals surface area contributed by atoms with E-state index in [0.29, 0.717) is 4.47 Å². The molecule has 0 saturated carbocycles. The summed E-state index contributed by atoms with van der Waals surface area (Å²) in [6.07, 6.45) is 0. The number of hydrogen-bond acceptors (Lipinski definition) is 5. The zero-order valence-electron chi connectivity index (χ0n) is 13.3. The van der Waals surface area contributed by atoms with Crippen LogP contribution in [0.5, 0.6) is 0 Å². The van der Waals surface area contributed by atoms with Crippen LogP contribution in [0.15, 0.2) is 27.6 Å². The Hall–Kier alpha value is -1.45. The molecule has 0 fully saturated rings. The van der Waals surface area contributed by atoms with Crippen LogP contribution in [0.1, 0.15) is 24.2 Å². The molecule has 0 bridgehead atoms. The summed E-state index contributed by atoms with van der Waals surface area (Å²) in [5, 5.41) is 2.58. The molecule has 0 saturated heterocycles. The van der Waals surface area contributed by atoms with Crippen molar-refractivity contribution in [1.29, 1.82) is 0 Å². The van der Waals surface area contributed by atoms with Gasteiger partial charge in [-0.05, 0) is 48.0 Å². The minimum atomic E-state index is -3.67. The Balaban J connectivity index is 2.96. The summed E-state index contributed by atoms with van der Waals surface area (Å²) in [7, 11) is -0.882. The van der Waals surface area contributed by atoms with Gasteiger partial charge in [0.15, 0.2) is 6.61 Å². The molecule has 128 valence electrons. The molecule has 0 aliphatic carbocycles. The van der Waals surface area contributed by atoms with Crippen LogP contribution in [0.4, 0.5) is 0 Å². The van der Waals surface area contributed by atoms with E-state index in [0.717, 1.165) is 4.31 Å². The van der Waals surface area contributed by atoms with Crippen LogP contribution in [0.3, 0.4) is 0 Å². The molecule has 23 heavy (non-hydrogen) atoms. The summed E-state index contributed by atoms with van der Waals surface area (Å²) < 4.78 is 30.5. The van der Waals surface area contributed by atoms with Gasteiger partial charge in [0.25, 0.3) is 5.91 Å². The molecule has 0 radical (unpaired) electrons. The van der Waals surface area contributed by atoms with Crippen molar-refractivity contribution >= 4 is 37.8 Å². The van der Waals surface area contributed by atoms with Crippen LogP contribution in [0.25, 0.3) is 0 Å². The minimum absolute atomic E-state index is 0.0327. The monoisotopic (exact) mass is 406 g/mol. The lowest BCUT2D eigenvalue weighted by molar-refractivity contribution is -0.124. The standard InChI is InChI=1S/C14H19BrN2O5S/c1-9(2)16-13(18)8-22-14(19)11-7-10(5-6-12(11)15)23(20,21)17(3)4/h5-7,9H,8H2,1-4H3,(H,16,18). The second kappa shape index (κ2) is 7.89. The maximum atomic E-state index is 12.1. The lowest BCUT2D eigenvalue weighted by Gasteiger charge is -2.13. The van der Waals surface area contributed by atoms with E-state index in [1.807, 2.05) is 0 Å². The van der Waals surface area contributed by atoms with Crippen molar-refractivity contribution < 1.29 is 22.7 Å². The van der Waals surface area contributed by atoms with Gasteiger partial charge in [0.2, 0.25) is 10.0 Å². The third-order valence-electron chi connectivity index (χ3n) is 2.72. The number of sulfonamides is 1. The first-order valence-electron chi connectivity index (χ1n) is 6.74. The number of amides is 1. The van der Waals surface area contributed by atoms with E-state index in [2.05, 4.69) is 21.2 Å². The van der Waals surface area contributed by atoms with Crippen LogP contribution in [-0.4, -0.2) is 51.3 Å². The van der Waals surface area contributed by atoms with Crippen molar-refractivity contribution in [3.05, 3.63) is 28.2 Å². The molecule has 1 aromatic rings. The summed E-state index contributed by atoms with van der Waals surface area (Å²) in [6, 6.07) is 3.96. The molecule has 0 atom stereocenters. The van der Waals surface area contributed by atoms with E-state index < -0.39 is 28.5 Å². The first-order chi connectivity index (χ1) is 10.6. The van der Waals surface area contributed by atoms with Crippen molar-refractivity contribution in [3.63, 3.8) is 0 Å². The Morgan fingerprint density at radius 3 is 2.43 bits per heavy atom. The van der Waals surface area contributed by atoms with Crippen molar-refractivity contribution in [2.24, 2.45) is 0 Å². The Morgan fingerprint density at radius 1 is 1.30 bits per heavy atom. The molecule has 1 rings (SSSR count). The molecule has 0 heterocycles. The summed E-state index contributed by atoms with van der Waals surface area (Å²) in [6.45, 7) is 3.13. The largest absolute Gasteiger partial charge is 0.452 e. The van der Waals surface area contributed by atoms with Gasteiger partial charge >= 0.3 is 5.97 Å². The van der Waals surface area contributed by atoms with E-state index in [4.69, 9.17) is 4.74 Å². The Kier molecular flexibility index (Phi) is 6.72. The number of halogens is 1. The van der Waals surface area contributed by atoms with E-state index in [1.165, 1.54) is 32.3 Å². The van der Waals surface area contributed by atoms with Gasteiger partial charge in [-0.1, -0.05) is 0 Å². The molecule has 1 N–H and O–H groups in total. The fourth-order valence-electron chi connectivity index (χ4n) is 1.60. The molecule has 0 unspecified atom stereocenters. The number of rotatable bonds is 6. The average Bonchev–Trinajstić information content (AvgIpc) is 2.44. The smallest absolute Gasteiger partial charge is 0.339 e. The van der Waals surface area contributed by atoms with Crippen LogP contribution in [0.2, 0.25) is 0 Å². The number of carbonyl (C=O) groups is 2. The van der Waals surface area contributed by atoms with Crippen molar-refractivity contribution in [3.8, 4) is 0 Å². The maximum absolute atomic E-state index is 12.1. The lowest BCUT2D eigenvalue weighted by Crippen LogP contribution is -2.34. The fourth-order valence-corrected chi connectivity index (χ4v) is 2.94.